The molecular weight excluding hydrogens is 224 g/mol. The Balaban J connectivity index is 2.16. The summed E-state index contributed by atoms with van der Waals surface area (Å²) in [4.78, 5) is 35.2. The fourth-order valence-corrected chi connectivity index (χ4v) is 1.42. The highest BCUT2D eigenvalue weighted by atomic mass is 16.4. The van der Waals surface area contributed by atoms with Gasteiger partial charge < -0.3 is 9.73 Å². The van der Waals surface area contributed by atoms with Crippen LogP contribution in [0.15, 0.2) is 27.4 Å². The molecule has 88 valence electrons. The summed E-state index contributed by atoms with van der Waals surface area (Å²) in [6, 6.07) is 5.02. The third-order valence-electron chi connectivity index (χ3n) is 2.26. The maximum Gasteiger partial charge on any atom is 0.417 e. The van der Waals surface area contributed by atoms with E-state index in [2.05, 4.69) is 10.3 Å². The molecular formula is C11H10N2O4. The largest absolute Gasteiger partial charge is 0.417 e. The molecule has 0 aliphatic carbocycles. The van der Waals surface area contributed by atoms with E-state index in [-0.39, 0.29) is 6.54 Å². The van der Waals surface area contributed by atoms with Gasteiger partial charge in [0.25, 0.3) is 5.91 Å². The molecule has 0 aliphatic rings. The molecule has 1 heterocycles. The first-order chi connectivity index (χ1) is 8.06. The Bertz CT molecular complexity index is 638. The van der Waals surface area contributed by atoms with Gasteiger partial charge in [-0.15, -0.1) is 0 Å². The van der Waals surface area contributed by atoms with E-state index in [1.807, 2.05) is 0 Å². The van der Waals surface area contributed by atoms with Crippen molar-refractivity contribution in [2.75, 3.05) is 0 Å². The van der Waals surface area contributed by atoms with Crippen LogP contribution in [-0.4, -0.2) is 16.7 Å². The molecule has 1 aromatic carbocycles. The zero-order valence-corrected chi connectivity index (χ0v) is 9.07. The van der Waals surface area contributed by atoms with E-state index < -0.39 is 17.4 Å². The van der Waals surface area contributed by atoms with Crippen LogP contribution in [-0.2, 0) is 16.1 Å². The zero-order chi connectivity index (χ0) is 12.4. The van der Waals surface area contributed by atoms with Crippen molar-refractivity contribution >= 4 is 22.8 Å². The molecule has 1 aromatic heterocycles. The lowest BCUT2D eigenvalue weighted by atomic mass is 10.2. The number of aromatic nitrogens is 1. The van der Waals surface area contributed by atoms with E-state index in [0.717, 1.165) is 5.56 Å². The number of benzene rings is 1. The summed E-state index contributed by atoms with van der Waals surface area (Å²) in [6.07, 6.45) is 0. The first-order valence-corrected chi connectivity index (χ1v) is 4.97. The number of ketones is 1. The SMILES string of the molecule is CC(=O)C(=O)NCc1ccc2oc(=O)[nH]c2c1. The van der Waals surface area contributed by atoms with Gasteiger partial charge in [-0.05, 0) is 17.7 Å². The van der Waals surface area contributed by atoms with Crippen molar-refractivity contribution in [3.8, 4) is 0 Å². The van der Waals surface area contributed by atoms with Crippen molar-refractivity contribution in [1.29, 1.82) is 0 Å². The fourth-order valence-electron chi connectivity index (χ4n) is 1.42. The molecule has 0 unspecified atom stereocenters. The number of hydrogen-bond acceptors (Lipinski definition) is 4. The van der Waals surface area contributed by atoms with Gasteiger partial charge in [0.15, 0.2) is 5.58 Å². The van der Waals surface area contributed by atoms with E-state index in [0.29, 0.717) is 11.1 Å². The van der Waals surface area contributed by atoms with Crippen LogP contribution in [0, 0.1) is 0 Å². The number of Topliss-reactive ketones (excluding diaryl/α,β-unsaturated/α-hetero) is 1. The quantitative estimate of drug-likeness (QED) is 0.748. The molecule has 0 atom stereocenters. The van der Waals surface area contributed by atoms with Gasteiger partial charge in [-0.25, -0.2) is 4.79 Å². The fraction of sp³-hybridized carbons (Fsp3) is 0.182. The number of H-pyrrole nitrogens is 1. The van der Waals surface area contributed by atoms with Crippen molar-refractivity contribution in [1.82, 2.24) is 10.3 Å². The van der Waals surface area contributed by atoms with Crippen LogP contribution in [0.1, 0.15) is 12.5 Å². The van der Waals surface area contributed by atoms with Crippen LogP contribution in [0.5, 0.6) is 0 Å². The lowest BCUT2D eigenvalue weighted by Crippen LogP contribution is -2.28. The minimum atomic E-state index is -0.634. The Hall–Kier alpha value is -2.37. The third-order valence-corrected chi connectivity index (χ3v) is 2.26. The average Bonchev–Trinajstić information content (AvgIpc) is 2.64. The summed E-state index contributed by atoms with van der Waals surface area (Å²) in [5, 5.41) is 2.46. The molecule has 6 nitrogen and oxygen atoms in total. The minimum absolute atomic E-state index is 0.224. The smallest absolute Gasteiger partial charge is 0.408 e. The molecule has 17 heavy (non-hydrogen) atoms. The second-order valence-corrected chi connectivity index (χ2v) is 3.58. The van der Waals surface area contributed by atoms with Gasteiger partial charge in [-0.1, -0.05) is 6.07 Å². The number of carbonyl (C=O) groups is 2. The van der Waals surface area contributed by atoms with Gasteiger partial charge in [-0.3, -0.25) is 14.6 Å². The molecule has 2 rings (SSSR count). The summed E-state index contributed by atoms with van der Waals surface area (Å²) in [6.45, 7) is 1.42. The second kappa shape index (κ2) is 4.25. The number of nitrogens with one attached hydrogen (secondary N) is 2. The molecule has 0 bridgehead atoms. The number of fused-ring (bicyclic) bond motifs is 1. The maximum absolute atomic E-state index is 11.0. The highest BCUT2D eigenvalue weighted by Gasteiger charge is 2.07. The molecule has 2 N–H and O–H groups in total. The highest BCUT2D eigenvalue weighted by molar-refractivity contribution is 6.35. The number of hydrogen-bond donors (Lipinski definition) is 2. The Kier molecular flexibility index (Phi) is 2.78. The molecule has 0 spiro atoms. The van der Waals surface area contributed by atoms with Crippen molar-refractivity contribution in [3.63, 3.8) is 0 Å². The maximum atomic E-state index is 11.0. The average molecular weight is 234 g/mol. The van der Waals surface area contributed by atoms with E-state index in [1.54, 1.807) is 18.2 Å². The summed E-state index contributed by atoms with van der Waals surface area (Å²) in [7, 11) is 0. The number of oxazole rings is 1. The van der Waals surface area contributed by atoms with Crippen molar-refractivity contribution in [2.45, 2.75) is 13.5 Å². The lowest BCUT2D eigenvalue weighted by molar-refractivity contribution is -0.136. The first-order valence-electron chi connectivity index (χ1n) is 4.97. The molecule has 1 amide bonds. The van der Waals surface area contributed by atoms with Crippen LogP contribution < -0.4 is 11.1 Å². The molecule has 0 saturated heterocycles. The number of amides is 1. The molecule has 0 fully saturated rings. The summed E-state index contributed by atoms with van der Waals surface area (Å²) in [5.41, 5.74) is 1.78. The van der Waals surface area contributed by atoms with Crippen LogP contribution in [0.4, 0.5) is 0 Å². The normalized spacial score (nSPS) is 10.4. The Morgan fingerprint density at radius 3 is 2.88 bits per heavy atom. The van der Waals surface area contributed by atoms with E-state index in [1.165, 1.54) is 6.92 Å². The van der Waals surface area contributed by atoms with Gasteiger partial charge in [0.1, 0.15) is 0 Å². The van der Waals surface area contributed by atoms with Gasteiger partial charge in [0.2, 0.25) is 5.78 Å². The van der Waals surface area contributed by atoms with Crippen LogP contribution in [0.25, 0.3) is 11.1 Å². The summed E-state index contributed by atoms with van der Waals surface area (Å²) < 4.78 is 4.83. The minimum Gasteiger partial charge on any atom is -0.408 e. The summed E-state index contributed by atoms with van der Waals surface area (Å²) >= 11 is 0. The molecule has 2 aromatic rings. The molecule has 0 radical (unpaired) electrons. The van der Waals surface area contributed by atoms with Gasteiger partial charge in [-0.2, -0.15) is 0 Å². The number of carbonyl (C=O) groups excluding carboxylic acids is 2. The standard InChI is InChI=1S/C11H10N2O4/c1-6(14)10(15)12-5-7-2-3-9-8(4-7)13-11(16)17-9/h2-4H,5H2,1H3,(H,12,15)(H,13,16). The topological polar surface area (TPSA) is 92.2 Å². The zero-order valence-electron chi connectivity index (χ0n) is 9.07. The summed E-state index contributed by atoms with van der Waals surface area (Å²) in [5.74, 6) is -1.70. The molecule has 6 heteroatoms. The second-order valence-electron chi connectivity index (χ2n) is 3.58. The van der Waals surface area contributed by atoms with Crippen molar-refractivity contribution in [3.05, 3.63) is 34.3 Å². The first kappa shape index (κ1) is 11.1. The molecule has 0 aliphatic heterocycles. The predicted octanol–water partition coefficient (Wildman–Crippen LogP) is 0.326. The Morgan fingerprint density at radius 2 is 2.18 bits per heavy atom. The van der Waals surface area contributed by atoms with Crippen LogP contribution >= 0.6 is 0 Å². The van der Waals surface area contributed by atoms with E-state index in [9.17, 15) is 14.4 Å². The predicted molar refractivity (Wildman–Crippen MR) is 59.4 cm³/mol. The monoisotopic (exact) mass is 234 g/mol. The molecule has 0 saturated carbocycles. The van der Waals surface area contributed by atoms with E-state index >= 15 is 0 Å². The Morgan fingerprint density at radius 1 is 1.41 bits per heavy atom. The highest BCUT2D eigenvalue weighted by Crippen LogP contribution is 2.11. The lowest BCUT2D eigenvalue weighted by Gasteiger charge is -2.02. The number of aromatic amines is 1. The van der Waals surface area contributed by atoms with Crippen LogP contribution in [0.2, 0.25) is 0 Å². The number of rotatable bonds is 3. The van der Waals surface area contributed by atoms with Crippen molar-refractivity contribution < 1.29 is 14.0 Å². The van der Waals surface area contributed by atoms with Crippen molar-refractivity contribution in [2.24, 2.45) is 0 Å². The van der Waals surface area contributed by atoms with Gasteiger partial charge >= 0.3 is 5.76 Å². The van der Waals surface area contributed by atoms with Crippen LogP contribution in [0.3, 0.4) is 0 Å². The third kappa shape index (κ3) is 2.41. The van der Waals surface area contributed by atoms with Gasteiger partial charge in [0, 0.05) is 13.5 Å². The van der Waals surface area contributed by atoms with Gasteiger partial charge in [0.05, 0.1) is 5.52 Å². The van der Waals surface area contributed by atoms with E-state index in [4.69, 9.17) is 4.42 Å². The Labute approximate surface area is 95.6 Å².